The summed E-state index contributed by atoms with van der Waals surface area (Å²) < 4.78 is 19.1. The van der Waals surface area contributed by atoms with Crippen molar-refractivity contribution in [2.75, 3.05) is 11.9 Å². The number of hydrogen-bond acceptors (Lipinski definition) is 5. The van der Waals surface area contributed by atoms with Crippen molar-refractivity contribution in [3.05, 3.63) is 52.9 Å². The summed E-state index contributed by atoms with van der Waals surface area (Å²) in [6.07, 6.45) is 2.18. The molecule has 0 spiro atoms. The number of halogens is 2. The maximum absolute atomic E-state index is 14.1. The Labute approximate surface area is 132 Å². The molecular weight excluding hydrogens is 307 g/mol. The van der Waals surface area contributed by atoms with E-state index in [1.165, 1.54) is 6.07 Å². The van der Waals surface area contributed by atoms with Crippen LogP contribution in [0.5, 0.6) is 0 Å². The number of nitrogens with one attached hydrogen (secondary N) is 1. The Kier molecular flexibility index (Phi) is 4.11. The van der Waals surface area contributed by atoms with Crippen LogP contribution in [-0.2, 0) is 4.74 Å². The van der Waals surface area contributed by atoms with Crippen molar-refractivity contribution in [1.82, 2.24) is 4.98 Å². The Morgan fingerprint density at radius 3 is 2.95 bits per heavy atom. The van der Waals surface area contributed by atoms with Crippen molar-refractivity contribution in [3.63, 3.8) is 0 Å². The molecule has 0 saturated carbocycles. The van der Waals surface area contributed by atoms with Crippen LogP contribution in [0.15, 0.2) is 41.5 Å². The van der Waals surface area contributed by atoms with Crippen LogP contribution in [0.3, 0.4) is 0 Å². The van der Waals surface area contributed by atoms with Crippen LogP contribution < -0.4 is 11.1 Å². The highest BCUT2D eigenvalue weighted by atomic mass is 35.5. The third-order valence-electron chi connectivity index (χ3n) is 3.27. The number of aliphatic imine (C=N–C) groups is 1. The summed E-state index contributed by atoms with van der Waals surface area (Å²) in [7, 11) is 0. The average Bonchev–Trinajstić information content (AvgIpc) is 2.49. The smallest absolute Gasteiger partial charge is 0.282 e. The topological polar surface area (TPSA) is 72.5 Å². The highest BCUT2D eigenvalue weighted by Crippen LogP contribution is 2.29. The molecule has 0 fully saturated rings. The second-order valence-electron chi connectivity index (χ2n) is 4.84. The van der Waals surface area contributed by atoms with Gasteiger partial charge >= 0.3 is 0 Å². The van der Waals surface area contributed by atoms with Gasteiger partial charge in [-0.3, -0.25) is 0 Å². The first-order valence-electron chi connectivity index (χ1n) is 6.76. The molecular formula is C15H14ClFN4O. The Balaban J connectivity index is 1.88. The zero-order valence-electron chi connectivity index (χ0n) is 11.6. The van der Waals surface area contributed by atoms with Crippen molar-refractivity contribution in [1.29, 1.82) is 0 Å². The van der Waals surface area contributed by atoms with E-state index in [4.69, 9.17) is 22.1 Å². The molecule has 1 atom stereocenters. The molecule has 1 aliphatic rings. The lowest BCUT2D eigenvalue weighted by Gasteiger charge is -2.20. The average molecular weight is 321 g/mol. The maximum atomic E-state index is 14.1. The van der Waals surface area contributed by atoms with E-state index in [1.807, 2.05) is 0 Å². The Morgan fingerprint density at radius 2 is 2.18 bits per heavy atom. The van der Waals surface area contributed by atoms with Crippen molar-refractivity contribution in [2.24, 2.45) is 10.7 Å². The standard InChI is InChI=1S/C15H14ClFN4O/c16-9-3-5-19-14(7-9)20-10-1-2-12(17)11(8-10)13-4-6-22-15(18)21-13/h1-3,5,7-8,13H,4,6H2,(H2,18,21)(H,19,20)/t13-/m0/s1. The van der Waals surface area contributed by atoms with E-state index in [0.717, 1.165) is 0 Å². The molecule has 7 heteroatoms. The Hall–Kier alpha value is -2.34. The van der Waals surface area contributed by atoms with Crippen LogP contribution in [0, 0.1) is 5.82 Å². The number of rotatable bonds is 3. The lowest BCUT2D eigenvalue weighted by Crippen LogP contribution is -2.24. The molecule has 2 heterocycles. The summed E-state index contributed by atoms with van der Waals surface area (Å²) in [5.41, 5.74) is 6.73. The van der Waals surface area contributed by atoms with E-state index in [-0.39, 0.29) is 17.9 Å². The Bertz CT molecular complexity index is 722. The van der Waals surface area contributed by atoms with Gasteiger partial charge in [0.25, 0.3) is 6.02 Å². The number of hydrogen-bond donors (Lipinski definition) is 2. The van der Waals surface area contributed by atoms with Gasteiger partial charge < -0.3 is 15.8 Å². The SMILES string of the molecule is NC1=N[C@H](c2cc(Nc3cc(Cl)ccn3)ccc2F)CCO1. The van der Waals surface area contributed by atoms with Gasteiger partial charge in [-0.1, -0.05) is 11.6 Å². The first-order chi connectivity index (χ1) is 10.6. The summed E-state index contributed by atoms with van der Waals surface area (Å²) in [6, 6.07) is 7.84. The zero-order valence-corrected chi connectivity index (χ0v) is 12.3. The van der Waals surface area contributed by atoms with Gasteiger partial charge in [0.15, 0.2) is 0 Å². The zero-order chi connectivity index (χ0) is 15.5. The molecule has 0 saturated heterocycles. The molecule has 0 bridgehead atoms. The number of nitrogens with two attached hydrogens (primary N) is 1. The second kappa shape index (κ2) is 6.19. The molecule has 0 radical (unpaired) electrons. The highest BCUT2D eigenvalue weighted by Gasteiger charge is 2.20. The third-order valence-corrected chi connectivity index (χ3v) is 3.51. The molecule has 1 aromatic heterocycles. The van der Waals surface area contributed by atoms with Gasteiger partial charge in [0.05, 0.1) is 12.6 Å². The lowest BCUT2D eigenvalue weighted by molar-refractivity contribution is 0.255. The Morgan fingerprint density at radius 1 is 1.32 bits per heavy atom. The van der Waals surface area contributed by atoms with Gasteiger partial charge in [-0.25, -0.2) is 14.4 Å². The molecule has 0 amide bonds. The molecule has 2 aromatic rings. The van der Waals surface area contributed by atoms with Crippen molar-refractivity contribution in [2.45, 2.75) is 12.5 Å². The van der Waals surface area contributed by atoms with Gasteiger partial charge in [0, 0.05) is 28.9 Å². The van der Waals surface area contributed by atoms with E-state index in [9.17, 15) is 4.39 Å². The van der Waals surface area contributed by atoms with E-state index in [1.54, 1.807) is 30.5 Å². The number of anilines is 2. The fourth-order valence-electron chi connectivity index (χ4n) is 2.25. The summed E-state index contributed by atoms with van der Waals surface area (Å²) in [5.74, 6) is 0.258. The summed E-state index contributed by atoms with van der Waals surface area (Å²) >= 11 is 5.92. The predicted molar refractivity (Wildman–Crippen MR) is 83.9 cm³/mol. The van der Waals surface area contributed by atoms with Crippen molar-refractivity contribution < 1.29 is 9.13 Å². The minimum absolute atomic E-state index is 0.0884. The number of pyridine rings is 1. The highest BCUT2D eigenvalue weighted by molar-refractivity contribution is 6.30. The number of benzene rings is 1. The first-order valence-corrected chi connectivity index (χ1v) is 7.14. The van der Waals surface area contributed by atoms with Gasteiger partial charge in [0.2, 0.25) is 0 Å². The van der Waals surface area contributed by atoms with Crippen LogP contribution in [0.4, 0.5) is 15.9 Å². The van der Waals surface area contributed by atoms with Gasteiger partial charge in [-0.15, -0.1) is 0 Å². The fraction of sp³-hybridized carbons (Fsp3) is 0.200. The molecule has 3 rings (SSSR count). The molecule has 0 aliphatic carbocycles. The fourth-order valence-corrected chi connectivity index (χ4v) is 2.41. The van der Waals surface area contributed by atoms with Crippen LogP contribution in [0.1, 0.15) is 18.0 Å². The largest absolute Gasteiger partial charge is 0.465 e. The molecule has 114 valence electrons. The molecule has 1 aliphatic heterocycles. The van der Waals surface area contributed by atoms with E-state index < -0.39 is 0 Å². The van der Waals surface area contributed by atoms with Crippen LogP contribution in [0.25, 0.3) is 0 Å². The molecule has 22 heavy (non-hydrogen) atoms. The molecule has 5 nitrogen and oxygen atoms in total. The van der Waals surface area contributed by atoms with Gasteiger partial charge in [-0.05, 0) is 30.3 Å². The van der Waals surface area contributed by atoms with Crippen LogP contribution >= 0.6 is 11.6 Å². The molecule has 3 N–H and O–H groups in total. The second-order valence-corrected chi connectivity index (χ2v) is 5.28. The molecule has 1 aromatic carbocycles. The lowest BCUT2D eigenvalue weighted by atomic mass is 10.0. The monoisotopic (exact) mass is 320 g/mol. The number of nitrogens with zero attached hydrogens (tertiary/aromatic N) is 2. The minimum atomic E-state index is -0.345. The predicted octanol–water partition coefficient (Wildman–Crippen LogP) is 3.39. The number of ether oxygens (including phenoxy) is 1. The van der Waals surface area contributed by atoms with Crippen LogP contribution in [-0.4, -0.2) is 17.6 Å². The van der Waals surface area contributed by atoms with Gasteiger partial charge in [0.1, 0.15) is 11.6 Å². The minimum Gasteiger partial charge on any atom is -0.465 e. The normalized spacial score (nSPS) is 17.5. The summed E-state index contributed by atoms with van der Waals surface area (Å²) in [5, 5.41) is 3.66. The summed E-state index contributed by atoms with van der Waals surface area (Å²) in [6.45, 7) is 0.424. The summed E-state index contributed by atoms with van der Waals surface area (Å²) in [4.78, 5) is 8.30. The molecule has 0 unspecified atom stereocenters. The maximum Gasteiger partial charge on any atom is 0.282 e. The van der Waals surface area contributed by atoms with Crippen molar-refractivity contribution in [3.8, 4) is 0 Å². The van der Waals surface area contributed by atoms with E-state index in [0.29, 0.717) is 35.1 Å². The van der Waals surface area contributed by atoms with E-state index in [2.05, 4.69) is 15.3 Å². The number of aromatic nitrogens is 1. The number of amidine groups is 1. The quantitative estimate of drug-likeness (QED) is 0.909. The van der Waals surface area contributed by atoms with Crippen LogP contribution in [0.2, 0.25) is 5.02 Å². The van der Waals surface area contributed by atoms with Gasteiger partial charge in [-0.2, -0.15) is 0 Å². The van der Waals surface area contributed by atoms with Crippen molar-refractivity contribution >= 4 is 29.1 Å². The first kappa shape index (κ1) is 14.6. The van der Waals surface area contributed by atoms with E-state index >= 15 is 0 Å². The third kappa shape index (κ3) is 3.28.